The maximum Gasteiger partial charge on any atom is 0.282 e. The Kier molecular flexibility index (Phi) is 9.42. The van der Waals surface area contributed by atoms with Crippen LogP contribution < -0.4 is 14.7 Å². The Labute approximate surface area is 293 Å². The van der Waals surface area contributed by atoms with E-state index in [0.29, 0.717) is 25.7 Å². The summed E-state index contributed by atoms with van der Waals surface area (Å²) in [7, 11) is 0. The van der Waals surface area contributed by atoms with Gasteiger partial charge in [0.15, 0.2) is 5.83 Å². The quantitative estimate of drug-likeness (QED) is 0.267. The number of hydrogen-bond acceptors (Lipinski definition) is 8. The van der Waals surface area contributed by atoms with Crippen LogP contribution in [0.3, 0.4) is 0 Å². The van der Waals surface area contributed by atoms with Crippen molar-refractivity contribution in [3.05, 3.63) is 65.1 Å². The molecular weight excluding hydrogens is 639 g/mol. The van der Waals surface area contributed by atoms with Gasteiger partial charge in [-0.15, -0.1) is 0 Å². The summed E-state index contributed by atoms with van der Waals surface area (Å²) >= 11 is 6.72. The Morgan fingerprint density at radius 1 is 1.02 bits per heavy atom. The lowest BCUT2D eigenvalue weighted by atomic mass is 9.67. The van der Waals surface area contributed by atoms with Gasteiger partial charge < -0.3 is 19.6 Å². The van der Waals surface area contributed by atoms with Crippen LogP contribution in [0.25, 0.3) is 10.8 Å². The normalized spacial score (nSPS) is 20.8. The highest BCUT2D eigenvalue weighted by Gasteiger charge is 2.42. The van der Waals surface area contributed by atoms with E-state index < -0.39 is 17.8 Å². The summed E-state index contributed by atoms with van der Waals surface area (Å²) in [6, 6.07) is 14.8. The van der Waals surface area contributed by atoms with E-state index in [0.717, 1.165) is 99.2 Å². The molecule has 1 aromatic heterocycles. The molecule has 3 aliphatic heterocycles. The standard InChI is InChI=1S/C38H46ClFN8O/c1-4-44(5-2)29-24-47(25-29)37-42-32-22-38(15-18-45(19-16-38)33-11-7-9-27-8-6-10-31(39)34(27)33)14-12-30(32)35(43-37)46-20-21-48(36(49)26(3)40)28(23-46)13-17-41/h6-11,28-29H,3-5,12-16,18-25H2,1-2H3. The Hall–Kier alpha value is -3.94. The molecule has 1 spiro atoms. The average molecular weight is 685 g/mol. The van der Waals surface area contributed by atoms with Gasteiger partial charge in [0.1, 0.15) is 5.82 Å². The Morgan fingerprint density at radius 3 is 2.45 bits per heavy atom. The first-order valence-electron chi connectivity index (χ1n) is 17.8. The molecule has 258 valence electrons. The van der Waals surface area contributed by atoms with Crippen LogP contribution >= 0.6 is 11.6 Å². The van der Waals surface area contributed by atoms with E-state index in [9.17, 15) is 14.4 Å². The molecule has 49 heavy (non-hydrogen) atoms. The molecule has 3 saturated heterocycles. The number of nitrogens with zero attached hydrogens (tertiary/aromatic N) is 8. The fraction of sp³-hybridized carbons (Fsp3) is 0.526. The third-order valence-electron chi connectivity index (χ3n) is 11.6. The number of nitriles is 1. The SMILES string of the molecule is C=C(F)C(=O)N1CCN(c2nc(N3CC(N(CC)CC)C3)nc3c2CCC2(CCN(c4cccc5cccc(Cl)c45)CC2)C3)CC1CC#N. The van der Waals surface area contributed by atoms with Crippen molar-refractivity contribution in [2.75, 3.05) is 73.6 Å². The number of benzene rings is 2. The number of amides is 1. The first-order chi connectivity index (χ1) is 23.7. The van der Waals surface area contributed by atoms with Crippen LogP contribution in [0.15, 0.2) is 48.8 Å². The molecule has 4 heterocycles. The Balaban J connectivity index is 1.16. The van der Waals surface area contributed by atoms with Gasteiger partial charge in [-0.3, -0.25) is 9.69 Å². The number of anilines is 3. The van der Waals surface area contributed by atoms with Crippen molar-refractivity contribution < 1.29 is 9.18 Å². The molecule has 3 aromatic rings. The van der Waals surface area contributed by atoms with Crippen molar-refractivity contribution in [3.63, 3.8) is 0 Å². The fourth-order valence-electron chi connectivity index (χ4n) is 8.67. The predicted octanol–water partition coefficient (Wildman–Crippen LogP) is 6.00. The number of halogens is 2. The highest BCUT2D eigenvalue weighted by atomic mass is 35.5. The number of carbonyl (C=O) groups is 1. The van der Waals surface area contributed by atoms with Crippen LogP contribution in [0.2, 0.25) is 5.02 Å². The molecule has 1 aliphatic carbocycles. The summed E-state index contributed by atoms with van der Waals surface area (Å²) in [5.74, 6) is -0.0338. The second-order valence-corrected chi connectivity index (χ2v) is 14.6. The summed E-state index contributed by atoms with van der Waals surface area (Å²) in [6.45, 7) is 14.6. The minimum atomic E-state index is -0.987. The third kappa shape index (κ3) is 6.32. The summed E-state index contributed by atoms with van der Waals surface area (Å²) in [5.41, 5.74) is 3.69. The van der Waals surface area contributed by atoms with Gasteiger partial charge in [-0.2, -0.15) is 10.2 Å². The monoisotopic (exact) mass is 684 g/mol. The van der Waals surface area contributed by atoms with Gasteiger partial charge in [-0.25, -0.2) is 9.37 Å². The highest BCUT2D eigenvalue weighted by molar-refractivity contribution is 6.36. The van der Waals surface area contributed by atoms with Crippen LogP contribution in [-0.2, 0) is 17.6 Å². The van der Waals surface area contributed by atoms with Gasteiger partial charge in [0.25, 0.3) is 5.91 Å². The Morgan fingerprint density at radius 2 is 1.76 bits per heavy atom. The number of piperazine rings is 1. The summed E-state index contributed by atoms with van der Waals surface area (Å²) < 4.78 is 13.9. The summed E-state index contributed by atoms with van der Waals surface area (Å²) in [4.78, 5) is 34.1. The number of carbonyl (C=O) groups excluding carboxylic acids is 1. The number of aromatic nitrogens is 2. The van der Waals surface area contributed by atoms with E-state index in [1.807, 2.05) is 12.1 Å². The van der Waals surface area contributed by atoms with Gasteiger partial charge in [0.05, 0.1) is 29.2 Å². The summed E-state index contributed by atoms with van der Waals surface area (Å²) in [6.07, 6.45) is 5.13. The van der Waals surface area contributed by atoms with Gasteiger partial charge in [-0.1, -0.05) is 56.3 Å². The van der Waals surface area contributed by atoms with Crippen molar-refractivity contribution in [3.8, 4) is 6.07 Å². The first kappa shape index (κ1) is 33.6. The van der Waals surface area contributed by atoms with E-state index >= 15 is 0 Å². The van der Waals surface area contributed by atoms with Crippen molar-refractivity contribution >= 4 is 45.7 Å². The lowest BCUT2D eigenvalue weighted by molar-refractivity contribution is -0.131. The number of likely N-dealkylation sites (N-methyl/N-ethyl adjacent to an activating group) is 1. The van der Waals surface area contributed by atoms with Crippen molar-refractivity contribution in [1.29, 1.82) is 5.26 Å². The molecular formula is C38H46ClFN8O. The predicted molar refractivity (Wildman–Crippen MR) is 194 cm³/mol. The van der Waals surface area contributed by atoms with Gasteiger partial charge in [0.2, 0.25) is 5.95 Å². The first-order valence-corrected chi connectivity index (χ1v) is 18.2. The minimum Gasteiger partial charge on any atom is -0.371 e. The summed E-state index contributed by atoms with van der Waals surface area (Å²) in [5, 5.41) is 12.7. The van der Waals surface area contributed by atoms with Crippen LogP contribution in [0.5, 0.6) is 0 Å². The largest absolute Gasteiger partial charge is 0.371 e. The van der Waals surface area contributed by atoms with Gasteiger partial charge in [-0.05, 0) is 68.1 Å². The molecule has 1 unspecified atom stereocenters. The molecule has 0 N–H and O–H groups in total. The van der Waals surface area contributed by atoms with Crippen molar-refractivity contribution in [2.24, 2.45) is 5.41 Å². The maximum atomic E-state index is 13.9. The topological polar surface area (TPSA) is 82.8 Å². The molecule has 0 bridgehead atoms. The molecule has 0 radical (unpaired) electrons. The molecule has 1 atom stereocenters. The van der Waals surface area contributed by atoms with Crippen molar-refractivity contribution in [1.82, 2.24) is 19.8 Å². The number of piperidine rings is 1. The maximum absolute atomic E-state index is 13.9. The highest BCUT2D eigenvalue weighted by Crippen LogP contribution is 2.47. The molecule has 7 rings (SSSR count). The van der Waals surface area contributed by atoms with Gasteiger partial charge >= 0.3 is 0 Å². The van der Waals surface area contributed by atoms with Gasteiger partial charge in [0, 0.05) is 68.5 Å². The van der Waals surface area contributed by atoms with E-state index in [1.165, 1.54) is 21.5 Å². The van der Waals surface area contributed by atoms with Crippen LogP contribution in [-0.4, -0.2) is 96.7 Å². The van der Waals surface area contributed by atoms with Crippen molar-refractivity contribution in [2.45, 2.75) is 64.5 Å². The number of rotatable bonds is 8. The molecule has 4 aliphatic rings. The molecule has 2 aromatic carbocycles. The van der Waals surface area contributed by atoms with Crippen LogP contribution in [0.1, 0.15) is 50.8 Å². The zero-order valence-electron chi connectivity index (χ0n) is 28.7. The zero-order valence-corrected chi connectivity index (χ0v) is 29.4. The molecule has 3 fully saturated rings. The van der Waals surface area contributed by atoms with Crippen LogP contribution in [0, 0.1) is 16.7 Å². The average Bonchev–Trinajstić information content (AvgIpc) is 3.09. The molecule has 0 saturated carbocycles. The number of fused-ring (bicyclic) bond motifs is 2. The molecule has 9 nitrogen and oxygen atoms in total. The Bertz CT molecular complexity index is 1770. The molecule has 11 heteroatoms. The lowest BCUT2D eigenvalue weighted by Crippen LogP contribution is -2.60. The van der Waals surface area contributed by atoms with E-state index in [2.05, 4.69) is 70.4 Å². The fourth-order valence-corrected chi connectivity index (χ4v) is 8.95. The van der Waals surface area contributed by atoms with Crippen LogP contribution in [0.4, 0.5) is 21.8 Å². The second-order valence-electron chi connectivity index (χ2n) is 14.2. The molecule has 1 amide bonds. The number of hydrogen-bond donors (Lipinski definition) is 0. The third-order valence-corrected chi connectivity index (χ3v) is 11.9. The lowest BCUT2D eigenvalue weighted by Gasteiger charge is -2.48. The minimum absolute atomic E-state index is 0.120. The van der Waals surface area contributed by atoms with E-state index in [1.54, 1.807) is 0 Å². The van der Waals surface area contributed by atoms with E-state index in [-0.39, 0.29) is 11.8 Å². The zero-order chi connectivity index (χ0) is 34.3. The second kappa shape index (κ2) is 13.8. The van der Waals surface area contributed by atoms with E-state index in [4.69, 9.17) is 21.6 Å². The smallest absolute Gasteiger partial charge is 0.282 e.